The molecule has 2 rings (SSSR count). The van der Waals surface area contributed by atoms with Crippen molar-refractivity contribution < 1.29 is 13.6 Å². The molecule has 92 valence electrons. The van der Waals surface area contributed by atoms with Crippen molar-refractivity contribution in [2.75, 3.05) is 0 Å². The first-order valence-electron chi connectivity index (χ1n) is 5.40. The van der Waals surface area contributed by atoms with Crippen molar-refractivity contribution in [2.24, 2.45) is 5.73 Å². The average Bonchev–Trinajstić information content (AvgIpc) is 2.38. The summed E-state index contributed by atoms with van der Waals surface area (Å²) in [5.74, 6) is -2.05. The lowest BCUT2D eigenvalue weighted by Gasteiger charge is -2.04. The Bertz CT molecular complexity index is 596. The highest BCUT2D eigenvalue weighted by molar-refractivity contribution is 6.09. The van der Waals surface area contributed by atoms with Gasteiger partial charge < -0.3 is 5.73 Å². The molecule has 0 aromatic heterocycles. The first kappa shape index (κ1) is 12.4. The summed E-state index contributed by atoms with van der Waals surface area (Å²) < 4.78 is 26.2. The van der Waals surface area contributed by atoms with E-state index in [9.17, 15) is 13.6 Å². The molecule has 18 heavy (non-hydrogen) atoms. The Kier molecular flexibility index (Phi) is 3.48. The van der Waals surface area contributed by atoms with Gasteiger partial charge in [-0.15, -0.1) is 0 Å². The van der Waals surface area contributed by atoms with Gasteiger partial charge in [-0.1, -0.05) is 18.2 Å². The maximum Gasteiger partial charge on any atom is 0.195 e. The van der Waals surface area contributed by atoms with Crippen molar-refractivity contribution in [2.45, 2.75) is 6.54 Å². The number of nitrogens with two attached hydrogens (primary N) is 1. The predicted molar refractivity (Wildman–Crippen MR) is 64.1 cm³/mol. The van der Waals surface area contributed by atoms with Gasteiger partial charge >= 0.3 is 0 Å². The summed E-state index contributed by atoms with van der Waals surface area (Å²) in [6.45, 7) is 0.299. The second-order valence-electron chi connectivity index (χ2n) is 3.86. The second kappa shape index (κ2) is 5.06. The van der Waals surface area contributed by atoms with Crippen LogP contribution in [0.3, 0.4) is 0 Å². The van der Waals surface area contributed by atoms with Crippen LogP contribution in [0.2, 0.25) is 0 Å². The van der Waals surface area contributed by atoms with Gasteiger partial charge in [0.15, 0.2) is 5.78 Å². The van der Waals surface area contributed by atoms with Crippen LogP contribution in [0.25, 0.3) is 0 Å². The summed E-state index contributed by atoms with van der Waals surface area (Å²) in [4.78, 5) is 12.0. The molecule has 2 aromatic rings. The molecule has 0 heterocycles. The molecule has 2 aromatic carbocycles. The molecule has 0 radical (unpaired) electrons. The van der Waals surface area contributed by atoms with Crippen LogP contribution in [-0.2, 0) is 6.54 Å². The third-order valence-electron chi connectivity index (χ3n) is 2.60. The van der Waals surface area contributed by atoms with Gasteiger partial charge in [-0.3, -0.25) is 4.79 Å². The third kappa shape index (κ3) is 2.43. The number of hydrogen-bond acceptors (Lipinski definition) is 2. The van der Waals surface area contributed by atoms with E-state index in [-0.39, 0.29) is 5.56 Å². The SMILES string of the molecule is NCc1cccc(C(=O)c2ccc(F)cc2F)c1. The predicted octanol–water partition coefficient (Wildman–Crippen LogP) is 2.65. The fourth-order valence-corrected chi connectivity index (χ4v) is 1.67. The Morgan fingerprint density at radius 3 is 2.56 bits per heavy atom. The van der Waals surface area contributed by atoms with Gasteiger partial charge in [0.25, 0.3) is 0 Å². The summed E-state index contributed by atoms with van der Waals surface area (Å²) in [6.07, 6.45) is 0. The number of hydrogen-bond donors (Lipinski definition) is 1. The highest BCUT2D eigenvalue weighted by Crippen LogP contribution is 2.15. The minimum Gasteiger partial charge on any atom is -0.326 e. The van der Waals surface area contributed by atoms with Crippen LogP contribution < -0.4 is 5.73 Å². The van der Waals surface area contributed by atoms with E-state index < -0.39 is 17.4 Å². The van der Waals surface area contributed by atoms with E-state index in [1.807, 2.05) is 0 Å². The lowest BCUT2D eigenvalue weighted by Crippen LogP contribution is -2.06. The molecular weight excluding hydrogens is 236 g/mol. The Balaban J connectivity index is 2.41. The summed E-state index contributed by atoms with van der Waals surface area (Å²) in [5.41, 5.74) is 6.44. The Hall–Kier alpha value is -2.07. The van der Waals surface area contributed by atoms with Gasteiger partial charge in [0, 0.05) is 18.2 Å². The molecule has 0 aliphatic heterocycles. The summed E-state index contributed by atoms with van der Waals surface area (Å²) in [5, 5.41) is 0. The molecule has 0 saturated heterocycles. The molecule has 4 heteroatoms. The Morgan fingerprint density at radius 2 is 1.89 bits per heavy atom. The van der Waals surface area contributed by atoms with Crippen molar-refractivity contribution in [1.82, 2.24) is 0 Å². The van der Waals surface area contributed by atoms with E-state index in [0.29, 0.717) is 18.2 Å². The monoisotopic (exact) mass is 247 g/mol. The quantitative estimate of drug-likeness (QED) is 0.847. The molecule has 2 N–H and O–H groups in total. The summed E-state index contributed by atoms with van der Waals surface area (Å²) in [7, 11) is 0. The topological polar surface area (TPSA) is 43.1 Å². The van der Waals surface area contributed by atoms with Gasteiger partial charge in [-0.2, -0.15) is 0 Å². The Morgan fingerprint density at radius 1 is 1.11 bits per heavy atom. The lowest BCUT2D eigenvalue weighted by atomic mass is 10.0. The van der Waals surface area contributed by atoms with Crippen LogP contribution in [0, 0.1) is 11.6 Å². The number of halogens is 2. The van der Waals surface area contributed by atoms with Crippen LogP contribution >= 0.6 is 0 Å². The van der Waals surface area contributed by atoms with Gasteiger partial charge in [0.2, 0.25) is 0 Å². The number of carbonyl (C=O) groups excluding carboxylic acids is 1. The fraction of sp³-hybridized carbons (Fsp3) is 0.0714. The molecule has 0 bridgehead atoms. The maximum atomic E-state index is 13.5. The maximum absolute atomic E-state index is 13.5. The lowest BCUT2D eigenvalue weighted by molar-refractivity contribution is 0.103. The number of rotatable bonds is 3. The van der Waals surface area contributed by atoms with Crippen LogP contribution in [0.15, 0.2) is 42.5 Å². The zero-order valence-electron chi connectivity index (χ0n) is 9.49. The molecule has 0 unspecified atom stereocenters. The van der Waals surface area contributed by atoms with E-state index in [4.69, 9.17) is 5.73 Å². The van der Waals surface area contributed by atoms with E-state index in [2.05, 4.69) is 0 Å². The van der Waals surface area contributed by atoms with Crippen molar-refractivity contribution in [3.63, 3.8) is 0 Å². The van der Waals surface area contributed by atoms with Crippen LogP contribution in [-0.4, -0.2) is 5.78 Å². The third-order valence-corrected chi connectivity index (χ3v) is 2.60. The summed E-state index contributed by atoms with van der Waals surface area (Å²) in [6, 6.07) is 9.52. The zero-order valence-corrected chi connectivity index (χ0v) is 9.49. The number of ketones is 1. The van der Waals surface area contributed by atoms with Crippen LogP contribution in [0.4, 0.5) is 8.78 Å². The van der Waals surface area contributed by atoms with Crippen molar-refractivity contribution >= 4 is 5.78 Å². The van der Waals surface area contributed by atoms with Crippen LogP contribution in [0.5, 0.6) is 0 Å². The van der Waals surface area contributed by atoms with Crippen LogP contribution in [0.1, 0.15) is 21.5 Å². The molecular formula is C14H11F2NO. The molecule has 0 spiro atoms. The number of benzene rings is 2. The van der Waals surface area contributed by atoms with E-state index in [1.165, 1.54) is 0 Å². The normalized spacial score (nSPS) is 10.4. The molecule has 0 saturated carbocycles. The average molecular weight is 247 g/mol. The number of carbonyl (C=O) groups is 1. The largest absolute Gasteiger partial charge is 0.326 e. The minimum absolute atomic E-state index is 0.148. The van der Waals surface area contributed by atoms with Crippen molar-refractivity contribution in [1.29, 1.82) is 0 Å². The fourth-order valence-electron chi connectivity index (χ4n) is 1.67. The minimum atomic E-state index is -0.863. The van der Waals surface area contributed by atoms with Gasteiger partial charge in [0.1, 0.15) is 11.6 Å². The molecule has 0 aliphatic carbocycles. The molecule has 0 fully saturated rings. The zero-order chi connectivity index (χ0) is 13.1. The Labute approximate surface area is 103 Å². The van der Waals surface area contributed by atoms with Gasteiger partial charge in [0.05, 0.1) is 5.56 Å². The van der Waals surface area contributed by atoms with Gasteiger partial charge in [-0.25, -0.2) is 8.78 Å². The first-order valence-corrected chi connectivity index (χ1v) is 5.40. The van der Waals surface area contributed by atoms with E-state index >= 15 is 0 Å². The standard InChI is InChI=1S/C14H11F2NO/c15-11-4-5-12(13(16)7-11)14(18)10-3-1-2-9(6-10)8-17/h1-7H,8,17H2. The summed E-state index contributed by atoms with van der Waals surface area (Å²) >= 11 is 0. The highest BCUT2D eigenvalue weighted by atomic mass is 19.1. The van der Waals surface area contributed by atoms with Gasteiger partial charge in [-0.05, 0) is 23.8 Å². The second-order valence-corrected chi connectivity index (χ2v) is 3.86. The first-order chi connectivity index (χ1) is 8.61. The molecule has 0 amide bonds. The van der Waals surface area contributed by atoms with Crippen molar-refractivity contribution in [3.05, 3.63) is 70.8 Å². The highest BCUT2D eigenvalue weighted by Gasteiger charge is 2.14. The van der Waals surface area contributed by atoms with E-state index in [1.54, 1.807) is 24.3 Å². The molecule has 0 aliphatic rings. The molecule has 0 atom stereocenters. The smallest absolute Gasteiger partial charge is 0.195 e. The molecule has 2 nitrogen and oxygen atoms in total. The van der Waals surface area contributed by atoms with Crippen molar-refractivity contribution in [3.8, 4) is 0 Å². The van der Waals surface area contributed by atoms with E-state index in [0.717, 1.165) is 17.7 Å².